The Hall–Kier alpha value is -2.09. The van der Waals surface area contributed by atoms with Crippen LogP contribution >= 0.6 is 0 Å². The molecule has 80 valence electrons. The van der Waals surface area contributed by atoms with Crippen LogP contribution in [-0.4, -0.2) is 4.98 Å². The molecule has 0 fully saturated rings. The Morgan fingerprint density at radius 1 is 1.06 bits per heavy atom. The summed E-state index contributed by atoms with van der Waals surface area (Å²) in [6.45, 7) is 1.95. The fraction of sp³-hybridized carbons (Fsp3) is 0.0714. The number of hydrogen-bond acceptors (Lipinski definition) is 2. The van der Waals surface area contributed by atoms with Crippen molar-refractivity contribution in [1.29, 1.82) is 0 Å². The van der Waals surface area contributed by atoms with Crippen LogP contribution in [0.3, 0.4) is 0 Å². The molecule has 2 aromatic rings. The molecule has 1 aromatic heterocycles. The monoisotopic (exact) mass is 211 g/mol. The van der Waals surface area contributed by atoms with E-state index in [9.17, 15) is 0 Å². The first-order valence-electron chi connectivity index (χ1n) is 5.15. The number of pyridine rings is 1. The Morgan fingerprint density at radius 2 is 1.88 bits per heavy atom. The Labute approximate surface area is 95.2 Å². The molecule has 0 atom stereocenters. The number of aromatic nitrogens is 1. The minimum atomic E-state index is 0.748. The van der Waals surface area contributed by atoms with Gasteiger partial charge in [0.2, 0.25) is 0 Å². The SMILES string of the molecule is Cc1ccc(OC=Cc2ccccc2)cn1. The van der Waals surface area contributed by atoms with E-state index in [4.69, 9.17) is 4.74 Å². The highest BCUT2D eigenvalue weighted by Gasteiger charge is 1.90. The summed E-state index contributed by atoms with van der Waals surface area (Å²) in [6.07, 6.45) is 5.30. The molecule has 0 N–H and O–H groups in total. The number of rotatable bonds is 3. The summed E-state index contributed by atoms with van der Waals surface area (Å²) in [5.41, 5.74) is 2.10. The summed E-state index contributed by atoms with van der Waals surface area (Å²) in [5, 5.41) is 0. The molecule has 0 aliphatic heterocycles. The minimum absolute atomic E-state index is 0.748. The van der Waals surface area contributed by atoms with E-state index in [1.54, 1.807) is 12.5 Å². The zero-order chi connectivity index (χ0) is 11.2. The fourth-order valence-electron chi connectivity index (χ4n) is 1.28. The molecular weight excluding hydrogens is 198 g/mol. The van der Waals surface area contributed by atoms with Gasteiger partial charge < -0.3 is 4.74 Å². The van der Waals surface area contributed by atoms with Crippen molar-refractivity contribution in [1.82, 2.24) is 4.98 Å². The van der Waals surface area contributed by atoms with Crippen LogP contribution in [0, 0.1) is 6.92 Å². The van der Waals surface area contributed by atoms with E-state index in [0.717, 1.165) is 17.0 Å². The van der Waals surface area contributed by atoms with Gasteiger partial charge in [-0.25, -0.2) is 0 Å². The van der Waals surface area contributed by atoms with E-state index < -0.39 is 0 Å². The summed E-state index contributed by atoms with van der Waals surface area (Å²) in [7, 11) is 0. The lowest BCUT2D eigenvalue weighted by Gasteiger charge is -1.99. The van der Waals surface area contributed by atoms with Crippen LogP contribution in [0.1, 0.15) is 11.3 Å². The van der Waals surface area contributed by atoms with Gasteiger partial charge in [-0.15, -0.1) is 0 Å². The molecule has 1 heterocycles. The number of ether oxygens (including phenoxy) is 1. The van der Waals surface area contributed by atoms with Crippen molar-refractivity contribution in [2.24, 2.45) is 0 Å². The molecule has 0 aliphatic carbocycles. The highest BCUT2D eigenvalue weighted by Crippen LogP contribution is 2.09. The molecule has 0 bridgehead atoms. The third-order valence-electron chi connectivity index (χ3n) is 2.15. The van der Waals surface area contributed by atoms with E-state index in [1.807, 2.05) is 55.5 Å². The lowest BCUT2D eigenvalue weighted by molar-refractivity contribution is 0.482. The van der Waals surface area contributed by atoms with Crippen molar-refractivity contribution < 1.29 is 4.74 Å². The smallest absolute Gasteiger partial charge is 0.144 e. The first-order chi connectivity index (χ1) is 7.84. The lowest BCUT2D eigenvalue weighted by Crippen LogP contribution is -1.84. The number of benzene rings is 1. The molecule has 0 saturated heterocycles. The van der Waals surface area contributed by atoms with Gasteiger partial charge in [0.1, 0.15) is 5.75 Å². The van der Waals surface area contributed by atoms with Gasteiger partial charge in [0.15, 0.2) is 0 Å². The van der Waals surface area contributed by atoms with E-state index in [2.05, 4.69) is 4.98 Å². The van der Waals surface area contributed by atoms with Crippen molar-refractivity contribution >= 4 is 6.08 Å². The predicted molar refractivity (Wildman–Crippen MR) is 65.1 cm³/mol. The highest BCUT2D eigenvalue weighted by atomic mass is 16.5. The second kappa shape index (κ2) is 5.12. The first-order valence-corrected chi connectivity index (χ1v) is 5.15. The lowest BCUT2D eigenvalue weighted by atomic mass is 10.2. The maximum absolute atomic E-state index is 5.42. The quantitative estimate of drug-likeness (QED) is 0.725. The van der Waals surface area contributed by atoms with Crippen molar-refractivity contribution in [2.45, 2.75) is 6.92 Å². The molecule has 0 aliphatic rings. The van der Waals surface area contributed by atoms with E-state index >= 15 is 0 Å². The predicted octanol–water partition coefficient (Wildman–Crippen LogP) is 3.44. The molecule has 0 amide bonds. The normalized spacial score (nSPS) is 10.6. The van der Waals surface area contributed by atoms with Gasteiger partial charge in [0.25, 0.3) is 0 Å². The Bertz CT molecular complexity index is 460. The average Bonchev–Trinajstić information content (AvgIpc) is 2.33. The zero-order valence-electron chi connectivity index (χ0n) is 9.13. The summed E-state index contributed by atoms with van der Waals surface area (Å²) in [5.74, 6) is 0.748. The van der Waals surface area contributed by atoms with Crippen LogP contribution in [0.4, 0.5) is 0 Å². The van der Waals surface area contributed by atoms with Gasteiger partial charge in [-0.2, -0.15) is 0 Å². The third kappa shape index (κ3) is 2.95. The molecule has 0 saturated carbocycles. The van der Waals surface area contributed by atoms with Gasteiger partial charge in [-0.05, 0) is 30.7 Å². The largest absolute Gasteiger partial charge is 0.463 e. The Balaban J connectivity index is 1.97. The van der Waals surface area contributed by atoms with E-state index in [-0.39, 0.29) is 0 Å². The second-order valence-corrected chi connectivity index (χ2v) is 3.47. The molecule has 1 aromatic carbocycles. The molecule has 0 unspecified atom stereocenters. The molecule has 0 radical (unpaired) electrons. The van der Waals surface area contributed by atoms with Crippen LogP contribution in [0.2, 0.25) is 0 Å². The standard InChI is InChI=1S/C14H13NO/c1-12-7-8-14(11-15-12)16-10-9-13-5-3-2-4-6-13/h2-11H,1H3. The van der Waals surface area contributed by atoms with Crippen LogP contribution in [0.15, 0.2) is 54.9 Å². The first kappa shape index (κ1) is 10.4. The average molecular weight is 211 g/mol. The summed E-state index contributed by atoms with van der Waals surface area (Å²) in [6, 6.07) is 13.8. The van der Waals surface area contributed by atoms with Gasteiger partial charge in [0, 0.05) is 5.69 Å². The molecule has 2 nitrogen and oxygen atoms in total. The summed E-state index contributed by atoms with van der Waals surface area (Å²) < 4.78 is 5.42. The summed E-state index contributed by atoms with van der Waals surface area (Å²) >= 11 is 0. The number of hydrogen-bond donors (Lipinski definition) is 0. The van der Waals surface area contributed by atoms with Crippen molar-refractivity contribution in [3.8, 4) is 5.75 Å². The Kier molecular flexibility index (Phi) is 3.34. The fourth-order valence-corrected chi connectivity index (χ4v) is 1.28. The van der Waals surface area contributed by atoms with Crippen LogP contribution in [0.25, 0.3) is 6.08 Å². The van der Waals surface area contributed by atoms with Crippen LogP contribution < -0.4 is 4.74 Å². The maximum Gasteiger partial charge on any atom is 0.144 e. The van der Waals surface area contributed by atoms with Gasteiger partial charge in [0.05, 0.1) is 12.5 Å². The number of nitrogens with zero attached hydrogens (tertiary/aromatic N) is 1. The third-order valence-corrected chi connectivity index (χ3v) is 2.15. The van der Waals surface area contributed by atoms with Crippen LogP contribution in [-0.2, 0) is 0 Å². The minimum Gasteiger partial charge on any atom is -0.463 e. The van der Waals surface area contributed by atoms with Crippen molar-refractivity contribution in [3.63, 3.8) is 0 Å². The number of aryl methyl sites for hydroxylation is 1. The van der Waals surface area contributed by atoms with Gasteiger partial charge >= 0.3 is 0 Å². The van der Waals surface area contributed by atoms with Gasteiger partial charge in [-0.3, -0.25) is 4.98 Å². The van der Waals surface area contributed by atoms with E-state index in [0.29, 0.717) is 0 Å². The van der Waals surface area contributed by atoms with E-state index in [1.165, 1.54) is 0 Å². The molecule has 2 heteroatoms. The Morgan fingerprint density at radius 3 is 2.56 bits per heavy atom. The maximum atomic E-state index is 5.42. The zero-order valence-corrected chi connectivity index (χ0v) is 9.13. The molecule has 16 heavy (non-hydrogen) atoms. The second-order valence-electron chi connectivity index (χ2n) is 3.47. The van der Waals surface area contributed by atoms with Crippen molar-refractivity contribution in [2.75, 3.05) is 0 Å². The van der Waals surface area contributed by atoms with Crippen LogP contribution in [0.5, 0.6) is 5.75 Å². The highest BCUT2D eigenvalue weighted by molar-refractivity contribution is 5.47. The molecule has 0 spiro atoms. The summed E-state index contributed by atoms with van der Waals surface area (Å²) in [4.78, 5) is 4.15. The topological polar surface area (TPSA) is 22.1 Å². The van der Waals surface area contributed by atoms with Crippen molar-refractivity contribution in [3.05, 3.63) is 66.2 Å². The molecule has 2 rings (SSSR count). The van der Waals surface area contributed by atoms with Gasteiger partial charge in [-0.1, -0.05) is 30.3 Å². The molecular formula is C14H13NO.